The molecule has 4 heterocycles. The van der Waals surface area contributed by atoms with Crippen molar-refractivity contribution in [2.24, 2.45) is 0 Å². The van der Waals surface area contributed by atoms with E-state index in [4.69, 9.17) is 32.7 Å². The number of hydrogen-bond acceptors (Lipinski definition) is 6. The van der Waals surface area contributed by atoms with Crippen molar-refractivity contribution in [2.75, 3.05) is 26.2 Å². The van der Waals surface area contributed by atoms with Crippen molar-refractivity contribution in [2.45, 2.75) is 50.1 Å². The van der Waals surface area contributed by atoms with E-state index in [9.17, 15) is 0 Å². The Hall–Kier alpha value is -2.84. The van der Waals surface area contributed by atoms with Gasteiger partial charge in [0, 0.05) is 22.4 Å². The Balaban J connectivity index is 0.000000168. The van der Waals surface area contributed by atoms with Crippen molar-refractivity contribution in [3.8, 4) is 0 Å². The third kappa shape index (κ3) is 9.08. The summed E-state index contributed by atoms with van der Waals surface area (Å²) < 4.78 is 12.7. The second-order valence-corrected chi connectivity index (χ2v) is 11.4. The fraction of sp³-hybridized carbons (Fsp3) is 0.353. The maximum absolute atomic E-state index is 6.36. The second-order valence-electron chi connectivity index (χ2n) is 10.5. The van der Waals surface area contributed by atoms with Crippen molar-refractivity contribution in [1.82, 2.24) is 20.6 Å². The third-order valence-corrected chi connectivity index (χ3v) is 7.99. The largest absolute Gasteiger partial charge is 0.364 e. The number of pyridine rings is 2. The molecule has 220 valence electrons. The van der Waals surface area contributed by atoms with E-state index in [2.05, 4.69) is 20.6 Å². The molecular weight excluding hydrogens is 567 g/mol. The maximum Gasteiger partial charge on any atom is 0.125 e. The van der Waals surface area contributed by atoms with E-state index in [0.717, 1.165) is 84.4 Å². The lowest BCUT2D eigenvalue weighted by Crippen LogP contribution is -2.33. The summed E-state index contributed by atoms with van der Waals surface area (Å²) in [7, 11) is 0. The van der Waals surface area contributed by atoms with Gasteiger partial charge in [0.05, 0.1) is 23.6 Å². The summed E-state index contributed by atoms with van der Waals surface area (Å²) in [4.78, 5) is 8.94. The number of nitrogens with zero attached hydrogens (tertiary/aromatic N) is 2. The summed E-state index contributed by atoms with van der Waals surface area (Å²) in [5.41, 5.74) is 4.07. The van der Waals surface area contributed by atoms with Crippen LogP contribution in [-0.4, -0.2) is 48.4 Å². The molecule has 0 radical (unpaired) electrons. The molecule has 2 aliphatic heterocycles. The number of rotatable bonds is 8. The van der Waals surface area contributed by atoms with Crippen LogP contribution in [0.2, 0.25) is 10.0 Å². The molecule has 42 heavy (non-hydrogen) atoms. The SMILES string of the molecule is Clc1ccc(C(OC2CCNCC2)c2ccccn2)cc1.Clc1ccc(C(OC2CCNCC2)c2ccccn2)cc1. The molecule has 2 aromatic heterocycles. The molecular formula is C34H38Cl2N4O2. The van der Waals surface area contributed by atoms with Gasteiger partial charge in [-0.3, -0.25) is 9.97 Å². The highest BCUT2D eigenvalue weighted by Gasteiger charge is 2.24. The number of aromatic nitrogens is 2. The van der Waals surface area contributed by atoms with Gasteiger partial charge in [-0.2, -0.15) is 0 Å². The fourth-order valence-corrected chi connectivity index (χ4v) is 5.48. The summed E-state index contributed by atoms with van der Waals surface area (Å²) in [6.07, 6.45) is 8.05. The minimum absolute atomic E-state index is 0.133. The van der Waals surface area contributed by atoms with Gasteiger partial charge in [0.1, 0.15) is 12.2 Å². The molecule has 6 nitrogen and oxygen atoms in total. The lowest BCUT2D eigenvalue weighted by atomic mass is 10.0. The summed E-state index contributed by atoms with van der Waals surface area (Å²) in [5, 5.41) is 8.20. The number of halogens is 2. The van der Waals surface area contributed by atoms with Crippen LogP contribution in [0.1, 0.15) is 60.4 Å². The number of ether oxygens (including phenoxy) is 2. The van der Waals surface area contributed by atoms with E-state index >= 15 is 0 Å². The van der Waals surface area contributed by atoms with E-state index in [1.165, 1.54) is 0 Å². The highest BCUT2D eigenvalue weighted by atomic mass is 35.5. The highest BCUT2D eigenvalue weighted by Crippen LogP contribution is 2.30. The van der Waals surface area contributed by atoms with Crippen LogP contribution in [-0.2, 0) is 9.47 Å². The molecule has 0 aliphatic carbocycles. The Morgan fingerprint density at radius 2 is 0.929 bits per heavy atom. The molecule has 8 heteroatoms. The topological polar surface area (TPSA) is 68.3 Å². The first-order valence-electron chi connectivity index (χ1n) is 14.7. The van der Waals surface area contributed by atoms with Crippen molar-refractivity contribution >= 4 is 23.2 Å². The standard InChI is InChI=1S/2C17H19ClN2O/c2*18-14-6-4-13(5-7-14)17(16-3-1-2-10-20-16)21-15-8-11-19-12-9-15/h2*1-7,10,15,17,19H,8-9,11-12H2. The first-order chi connectivity index (χ1) is 20.7. The molecule has 0 spiro atoms. The average molecular weight is 606 g/mol. The summed E-state index contributed by atoms with van der Waals surface area (Å²) in [6, 6.07) is 27.5. The molecule has 2 saturated heterocycles. The molecule has 2 aliphatic rings. The highest BCUT2D eigenvalue weighted by molar-refractivity contribution is 6.30. The van der Waals surface area contributed by atoms with Crippen LogP contribution in [0, 0.1) is 0 Å². The lowest BCUT2D eigenvalue weighted by molar-refractivity contribution is -0.0100. The predicted molar refractivity (Wildman–Crippen MR) is 169 cm³/mol. The molecule has 2 fully saturated rings. The Morgan fingerprint density at radius 3 is 1.26 bits per heavy atom. The van der Waals surface area contributed by atoms with Crippen LogP contribution in [0.15, 0.2) is 97.3 Å². The molecule has 2 aromatic carbocycles. The van der Waals surface area contributed by atoms with E-state index in [-0.39, 0.29) is 24.4 Å². The van der Waals surface area contributed by atoms with Crippen molar-refractivity contribution in [1.29, 1.82) is 0 Å². The molecule has 2 N–H and O–H groups in total. The first-order valence-corrected chi connectivity index (χ1v) is 15.5. The van der Waals surface area contributed by atoms with E-state index in [1.807, 2.05) is 97.3 Å². The van der Waals surface area contributed by atoms with Crippen LogP contribution in [0.25, 0.3) is 0 Å². The van der Waals surface area contributed by atoms with Gasteiger partial charge in [-0.25, -0.2) is 0 Å². The zero-order valence-electron chi connectivity index (χ0n) is 23.7. The zero-order valence-corrected chi connectivity index (χ0v) is 25.2. The second kappa shape index (κ2) is 16.1. The molecule has 2 unspecified atom stereocenters. The molecule has 2 atom stereocenters. The number of hydrogen-bond donors (Lipinski definition) is 2. The van der Waals surface area contributed by atoms with Crippen LogP contribution in [0.5, 0.6) is 0 Å². The normalized spacial score (nSPS) is 17.6. The van der Waals surface area contributed by atoms with Gasteiger partial charge in [-0.05, 0) is 112 Å². The average Bonchev–Trinajstić information content (AvgIpc) is 3.06. The third-order valence-electron chi connectivity index (χ3n) is 7.49. The smallest absolute Gasteiger partial charge is 0.125 e. The minimum atomic E-state index is -0.133. The summed E-state index contributed by atoms with van der Waals surface area (Å²) in [6.45, 7) is 4.06. The molecule has 0 bridgehead atoms. The maximum atomic E-state index is 6.36. The van der Waals surface area contributed by atoms with Crippen LogP contribution >= 0.6 is 23.2 Å². The quantitative estimate of drug-likeness (QED) is 0.222. The number of benzene rings is 2. The summed E-state index contributed by atoms with van der Waals surface area (Å²) in [5.74, 6) is 0. The monoisotopic (exact) mass is 604 g/mol. The molecule has 6 rings (SSSR count). The van der Waals surface area contributed by atoms with E-state index in [0.29, 0.717) is 0 Å². The van der Waals surface area contributed by atoms with Gasteiger partial charge in [-0.15, -0.1) is 0 Å². The minimum Gasteiger partial charge on any atom is -0.364 e. The lowest BCUT2D eigenvalue weighted by Gasteiger charge is -2.28. The molecule has 4 aromatic rings. The van der Waals surface area contributed by atoms with Crippen LogP contribution in [0.3, 0.4) is 0 Å². The van der Waals surface area contributed by atoms with Crippen LogP contribution < -0.4 is 10.6 Å². The van der Waals surface area contributed by atoms with Crippen molar-refractivity contribution in [3.05, 3.63) is 130 Å². The summed E-state index contributed by atoms with van der Waals surface area (Å²) >= 11 is 12.0. The van der Waals surface area contributed by atoms with Gasteiger partial charge in [0.25, 0.3) is 0 Å². The van der Waals surface area contributed by atoms with Crippen molar-refractivity contribution in [3.63, 3.8) is 0 Å². The predicted octanol–water partition coefficient (Wildman–Crippen LogP) is 7.19. The number of nitrogens with one attached hydrogen (secondary N) is 2. The number of piperidine rings is 2. The van der Waals surface area contributed by atoms with Gasteiger partial charge in [-0.1, -0.05) is 59.6 Å². The first kappa shape index (κ1) is 30.6. The van der Waals surface area contributed by atoms with Gasteiger partial charge in [0.2, 0.25) is 0 Å². The Labute approximate surface area is 258 Å². The molecule has 0 amide bonds. The van der Waals surface area contributed by atoms with Gasteiger partial charge in [0.15, 0.2) is 0 Å². The van der Waals surface area contributed by atoms with E-state index in [1.54, 1.807) is 0 Å². The Morgan fingerprint density at radius 1 is 0.548 bits per heavy atom. The van der Waals surface area contributed by atoms with Gasteiger partial charge < -0.3 is 20.1 Å². The van der Waals surface area contributed by atoms with Crippen LogP contribution in [0.4, 0.5) is 0 Å². The van der Waals surface area contributed by atoms with Crippen molar-refractivity contribution < 1.29 is 9.47 Å². The Bertz CT molecular complexity index is 1210. The molecule has 0 saturated carbocycles. The zero-order chi connectivity index (χ0) is 29.0. The van der Waals surface area contributed by atoms with E-state index < -0.39 is 0 Å². The Kier molecular flexibility index (Phi) is 11.8. The van der Waals surface area contributed by atoms with Gasteiger partial charge >= 0.3 is 0 Å². The fourth-order valence-electron chi connectivity index (χ4n) is 5.22.